The zero-order valence-corrected chi connectivity index (χ0v) is 15.4. The van der Waals surface area contributed by atoms with Crippen molar-refractivity contribution >= 4 is 22.8 Å². The molecule has 0 radical (unpaired) electrons. The summed E-state index contributed by atoms with van der Waals surface area (Å²) < 4.78 is 10.3. The van der Waals surface area contributed by atoms with E-state index in [9.17, 15) is 14.4 Å². The van der Waals surface area contributed by atoms with Gasteiger partial charge < -0.3 is 19.8 Å². The van der Waals surface area contributed by atoms with Crippen LogP contribution < -0.4 is 15.6 Å². The third-order valence-electron chi connectivity index (χ3n) is 4.05. The molecule has 8 nitrogen and oxygen atoms in total. The minimum atomic E-state index is -0.779. The number of aromatic amines is 1. The molecule has 3 aromatic rings. The van der Waals surface area contributed by atoms with Crippen molar-refractivity contribution in [2.45, 2.75) is 13.0 Å². The van der Waals surface area contributed by atoms with Crippen LogP contribution in [-0.2, 0) is 9.53 Å². The van der Waals surface area contributed by atoms with Gasteiger partial charge in [0.25, 0.3) is 11.5 Å². The topological polar surface area (TPSA) is 110 Å². The van der Waals surface area contributed by atoms with Gasteiger partial charge in [0.15, 0.2) is 11.9 Å². The average Bonchev–Trinajstić information content (AvgIpc) is 2.72. The lowest BCUT2D eigenvalue weighted by Gasteiger charge is -2.13. The lowest BCUT2D eigenvalue weighted by Crippen LogP contribution is -2.31. The maximum Gasteiger partial charge on any atom is 0.326 e. The monoisotopic (exact) mass is 381 g/mol. The normalized spacial score (nSPS) is 11.6. The Bertz CT molecular complexity index is 1080. The van der Waals surface area contributed by atoms with Crippen LogP contribution in [0.4, 0.5) is 0 Å². The van der Waals surface area contributed by atoms with E-state index in [0.717, 1.165) is 0 Å². The van der Waals surface area contributed by atoms with Crippen molar-refractivity contribution in [3.8, 4) is 5.75 Å². The van der Waals surface area contributed by atoms with Gasteiger partial charge in [-0.15, -0.1) is 0 Å². The molecule has 1 amide bonds. The van der Waals surface area contributed by atoms with Gasteiger partial charge in [0.1, 0.15) is 12.3 Å². The minimum absolute atomic E-state index is 0.233. The van der Waals surface area contributed by atoms with Crippen LogP contribution in [0.3, 0.4) is 0 Å². The van der Waals surface area contributed by atoms with E-state index in [4.69, 9.17) is 9.47 Å². The number of hydrogen-bond acceptors (Lipinski definition) is 6. The Hall–Kier alpha value is -3.68. The van der Waals surface area contributed by atoms with Crippen LogP contribution in [0, 0.1) is 0 Å². The van der Waals surface area contributed by atoms with E-state index in [1.165, 1.54) is 7.11 Å². The summed E-state index contributed by atoms with van der Waals surface area (Å²) in [6.07, 6.45) is -0.779. The lowest BCUT2D eigenvalue weighted by atomic mass is 10.2. The summed E-state index contributed by atoms with van der Waals surface area (Å²) in [5, 5.41) is 2.94. The zero-order valence-electron chi connectivity index (χ0n) is 15.4. The number of nitrogens with zero attached hydrogens (tertiary/aromatic N) is 1. The van der Waals surface area contributed by atoms with E-state index in [0.29, 0.717) is 22.2 Å². The molecule has 144 valence electrons. The Kier molecular flexibility index (Phi) is 5.69. The van der Waals surface area contributed by atoms with Crippen LogP contribution in [0.15, 0.2) is 53.3 Å². The molecule has 1 heterocycles. The number of rotatable bonds is 6. The second-order valence-corrected chi connectivity index (χ2v) is 6.02. The molecular formula is C20H19N3O5. The van der Waals surface area contributed by atoms with Crippen LogP contribution in [0.1, 0.15) is 29.2 Å². The van der Waals surface area contributed by atoms with Gasteiger partial charge >= 0.3 is 5.97 Å². The van der Waals surface area contributed by atoms with Gasteiger partial charge in [-0.2, -0.15) is 0 Å². The van der Waals surface area contributed by atoms with Crippen LogP contribution in [-0.4, -0.2) is 35.5 Å². The van der Waals surface area contributed by atoms with Crippen LogP contribution in [0.2, 0.25) is 0 Å². The highest BCUT2D eigenvalue weighted by molar-refractivity contribution is 5.96. The molecule has 3 rings (SSSR count). The van der Waals surface area contributed by atoms with Gasteiger partial charge in [-0.25, -0.2) is 4.98 Å². The first-order valence-corrected chi connectivity index (χ1v) is 8.58. The Balaban J connectivity index is 1.61. The first-order chi connectivity index (χ1) is 13.5. The quantitative estimate of drug-likeness (QED) is 0.632. The van der Waals surface area contributed by atoms with Gasteiger partial charge in [0, 0.05) is 5.56 Å². The summed E-state index contributed by atoms with van der Waals surface area (Å²) in [6, 6.07) is 13.4. The van der Waals surface area contributed by atoms with E-state index in [1.54, 1.807) is 55.5 Å². The fraction of sp³-hybridized carbons (Fsp3) is 0.200. The molecule has 0 saturated heterocycles. The number of nitrogens with one attached hydrogen (secondary N) is 2. The molecule has 0 aliphatic rings. The molecule has 2 N–H and O–H groups in total. The molecule has 0 aliphatic carbocycles. The number of aromatic nitrogens is 2. The molecule has 28 heavy (non-hydrogen) atoms. The Morgan fingerprint density at radius 1 is 1.18 bits per heavy atom. The molecule has 1 unspecified atom stereocenters. The molecule has 0 saturated carbocycles. The average molecular weight is 381 g/mol. The maximum atomic E-state index is 12.1. The van der Waals surface area contributed by atoms with Crippen LogP contribution in [0.5, 0.6) is 5.75 Å². The van der Waals surface area contributed by atoms with Crippen molar-refractivity contribution in [1.29, 1.82) is 0 Å². The number of amides is 1. The highest BCUT2D eigenvalue weighted by Gasteiger charge is 2.16. The van der Waals surface area contributed by atoms with E-state index >= 15 is 0 Å². The number of esters is 1. The van der Waals surface area contributed by atoms with E-state index in [1.807, 2.05) is 0 Å². The molecule has 1 aromatic heterocycles. The number of ether oxygens (including phenoxy) is 2. The fourth-order valence-electron chi connectivity index (χ4n) is 2.61. The number of fused-ring (bicyclic) bond motifs is 1. The summed E-state index contributed by atoms with van der Waals surface area (Å²) >= 11 is 0. The lowest BCUT2D eigenvalue weighted by molar-refractivity contribution is -0.147. The number of benzene rings is 2. The van der Waals surface area contributed by atoms with Gasteiger partial charge in [-0.05, 0) is 37.3 Å². The fourth-order valence-corrected chi connectivity index (χ4v) is 2.61. The van der Waals surface area contributed by atoms with Crippen molar-refractivity contribution in [2.75, 3.05) is 13.7 Å². The highest BCUT2D eigenvalue weighted by atomic mass is 16.5. The maximum absolute atomic E-state index is 12.1. The molecule has 1 atom stereocenters. The predicted molar refractivity (Wildman–Crippen MR) is 102 cm³/mol. The summed E-state index contributed by atoms with van der Waals surface area (Å²) in [5.74, 6) is -0.313. The summed E-state index contributed by atoms with van der Waals surface area (Å²) in [5.41, 5.74) is 0.561. The smallest absolute Gasteiger partial charge is 0.326 e. The van der Waals surface area contributed by atoms with E-state index < -0.39 is 18.0 Å². The summed E-state index contributed by atoms with van der Waals surface area (Å²) in [7, 11) is 1.50. The van der Waals surface area contributed by atoms with Gasteiger partial charge in [-0.3, -0.25) is 14.4 Å². The number of H-pyrrole nitrogens is 1. The van der Waals surface area contributed by atoms with E-state index in [-0.39, 0.29) is 17.9 Å². The molecule has 0 bridgehead atoms. The van der Waals surface area contributed by atoms with Gasteiger partial charge in [0.05, 0.1) is 18.0 Å². The molecule has 2 aromatic carbocycles. The Morgan fingerprint density at radius 2 is 1.96 bits per heavy atom. The van der Waals surface area contributed by atoms with Gasteiger partial charge in [-0.1, -0.05) is 18.2 Å². The number of carbonyl (C=O) groups excluding carboxylic acids is 2. The third kappa shape index (κ3) is 4.35. The van der Waals surface area contributed by atoms with Crippen LogP contribution in [0.25, 0.3) is 10.9 Å². The molecular weight excluding hydrogens is 362 g/mol. The van der Waals surface area contributed by atoms with Crippen LogP contribution >= 0.6 is 0 Å². The SMILES string of the molecule is COc1cccc(C(=O)NCC(=O)OC(C)c2nc3ccccc3c(=O)[nH]2)c1. The molecule has 0 fully saturated rings. The highest BCUT2D eigenvalue weighted by Crippen LogP contribution is 2.15. The number of methoxy groups -OCH3 is 1. The summed E-state index contributed by atoms with van der Waals surface area (Å²) in [4.78, 5) is 43.2. The van der Waals surface area contributed by atoms with Gasteiger partial charge in [0.2, 0.25) is 0 Å². The van der Waals surface area contributed by atoms with Crippen molar-refractivity contribution < 1.29 is 19.1 Å². The van der Waals surface area contributed by atoms with Crippen molar-refractivity contribution in [3.63, 3.8) is 0 Å². The first kappa shape index (κ1) is 19.1. The third-order valence-corrected chi connectivity index (χ3v) is 4.05. The molecule has 8 heteroatoms. The Morgan fingerprint density at radius 3 is 2.75 bits per heavy atom. The van der Waals surface area contributed by atoms with Crippen molar-refractivity contribution in [1.82, 2.24) is 15.3 Å². The second-order valence-electron chi connectivity index (χ2n) is 6.02. The van der Waals surface area contributed by atoms with Crippen molar-refractivity contribution in [3.05, 3.63) is 70.3 Å². The predicted octanol–water partition coefficient (Wildman–Crippen LogP) is 1.97. The number of hydrogen-bond donors (Lipinski definition) is 2. The zero-order chi connectivity index (χ0) is 20.1. The molecule has 0 aliphatic heterocycles. The largest absolute Gasteiger partial charge is 0.497 e. The minimum Gasteiger partial charge on any atom is -0.497 e. The summed E-state index contributed by atoms with van der Waals surface area (Å²) in [6.45, 7) is 1.27. The Labute approximate surface area is 160 Å². The number of carbonyl (C=O) groups is 2. The number of para-hydroxylation sites is 1. The van der Waals surface area contributed by atoms with Crippen molar-refractivity contribution in [2.24, 2.45) is 0 Å². The second kappa shape index (κ2) is 8.34. The first-order valence-electron chi connectivity index (χ1n) is 8.58. The molecule has 0 spiro atoms. The van der Waals surface area contributed by atoms with E-state index in [2.05, 4.69) is 15.3 Å². The standard InChI is InChI=1S/C20H19N3O5/c1-12(18-22-16-9-4-3-8-15(16)20(26)23-18)28-17(24)11-21-19(25)13-6-5-7-14(10-13)27-2/h3-10,12H,11H2,1-2H3,(H,21,25)(H,22,23,26).